The fourth-order valence-electron chi connectivity index (χ4n) is 8.58. The average molecular weight is 564 g/mol. The summed E-state index contributed by atoms with van der Waals surface area (Å²) in [6, 6.07) is 7.80. The minimum Gasteiger partial charge on any atom is -0.444 e. The van der Waals surface area contributed by atoms with Gasteiger partial charge >= 0.3 is 6.09 Å². The number of nitrogens with zero attached hydrogens (tertiary/aromatic N) is 2. The highest BCUT2D eigenvalue weighted by atomic mass is 16.6. The molecule has 7 heteroatoms. The molecule has 7 nitrogen and oxygen atoms in total. The van der Waals surface area contributed by atoms with Gasteiger partial charge in [0.15, 0.2) is 0 Å². The molecule has 1 aromatic heterocycles. The second kappa shape index (κ2) is 10.6. The van der Waals surface area contributed by atoms with E-state index < -0.39 is 22.6 Å². The number of rotatable bonds is 7. The molecule has 1 unspecified atom stereocenters. The maximum Gasteiger partial charge on any atom is 0.411 e. The number of aliphatic hydroxyl groups excluding tert-OH is 1. The normalized spacial score (nSPS) is 27.0. The molecule has 2 amide bonds. The lowest BCUT2D eigenvalue weighted by Crippen LogP contribution is -2.57. The van der Waals surface area contributed by atoms with E-state index >= 15 is 0 Å². The second-order valence-electron chi connectivity index (χ2n) is 15.4. The Morgan fingerprint density at radius 3 is 2.15 bits per heavy atom. The van der Waals surface area contributed by atoms with Crippen LogP contribution in [0, 0.1) is 28.6 Å². The molecule has 2 N–H and O–H groups in total. The van der Waals surface area contributed by atoms with Crippen molar-refractivity contribution in [2.75, 3.05) is 18.5 Å². The molecule has 1 heterocycles. The minimum atomic E-state index is -0.883. The first-order chi connectivity index (χ1) is 19.1. The number of nitrogens with one attached hydrogen (secondary N) is 1. The van der Waals surface area contributed by atoms with Crippen LogP contribution in [0.5, 0.6) is 0 Å². The fourth-order valence-corrected chi connectivity index (χ4v) is 8.58. The smallest absolute Gasteiger partial charge is 0.411 e. The van der Waals surface area contributed by atoms with Crippen LogP contribution < -0.4 is 5.32 Å². The SMILES string of the molecule is CC(C)(C)OC(=O)N(CCO)C(C)(c1ccc(NC(=O)CC23CC4CC(CC(C4)C2)C3)c2cccnc12)C(C)(C)C. The van der Waals surface area contributed by atoms with Crippen LogP contribution in [0.2, 0.25) is 0 Å². The molecule has 0 spiro atoms. The Labute approximate surface area is 245 Å². The number of ether oxygens (including phenoxy) is 1. The zero-order chi connectivity index (χ0) is 29.8. The molecule has 6 rings (SSSR count). The molecule has 1 atom stereocenters. The second-order valence-corrected chi connectivity index (χ2v) is 15.4. The molecule has 4 aliphatic rings. The Balaban J connectivity index is 1.49. The summed E-state index contributed by atoms with van der Waals surface area (Å²) in [6.45, 7) is 13.7. The molecule has 2 aromatic rings. The Kier molecular flexibility index (Phi) is 7.67. The zero-order valence-electron chi connectivity index (χ0n) is 26.0. The van der Waals surface area contributed by atoms with Gasteiger partial charge in [-0.15, -0.1) is 0 Å². The van der Waals surface area contributed by atoms with E-state index in [-0.39, 0.29) is 24.5 Å². The number of benzene rings is 1. The zero-order valence-corrected chi connectivity index (χ0v) is 26.0. The Bertz CT molecular complexity index is 1270. The third kappa shape index (κ3) is 5.71. The predicted octanol–water partition coefficient (Wildman–Crippen LogP) is 7.27. The van der Waals surface area contributed by atoms with Gasteiger partial charge in [0.2, 0.25) is 5.91 Å². The maximum absolute atomic E-state index is 13.6. The summed E-state index contributed by atoms with van der Waals surface area (Å²) in [7, 11) is 0. The van der Waals surface area contributed by atoms with E-state index in [0.29, 0.717) is 6.42 Å². The van der Waals surface area contributed by atoms with Crippen molar-refractivity contribution < 1.29 is 19.4 Å². The fraction of sp³-hybridized carbons (Fsp3) is 0.676. The van der Waals surface area contributed by atoms with Gasteiger partial charge in [0, 0.05) is 30.1 Å². The molecule has 0 aliphatic heterocycles. The van der Waals surface area contributed by atoms with Gasteiger partial charge in [-0.25, -0.2) is 4.79 Å². The molecular weight excluding hydrogens is 514 g/mol. The van der Waals surface area contributed by atoms with Crippen LogP contribution in [0.3, 0.4) is 0 Å². The van der Waals surface area contributed by atoms with Crippen molar-refractivity contribution >= 4 is 28.6 Å². The number of carbonyl (C=O) groups is 2. The summed E-state index contributed by atoms with van der Waals surface area (Å²) in [6.07, 6.45) is 9.53. The highest BCUT2D eigenvalue weighted by Gasteiger charge is 2.52. The third-order valence-electron chi connectivity index (χ3n) is 10.2. The van der Waals surface area contributed by atoms with Crippen molar-refractivity contribution in [1.82, 2.24) is 9.88 Å². The van der Waals surface area contributed by atoms with Gasteiger partial charge in [0.25, 0.3) is 0 Å². The van der Waals surface area contributed by atoms with Gasteiger partial charge in [-0.3, -0.25) is 14.7 Å². The number of aliphatic hydroxyl groups is 1. The van der Waals surface area contributed by atoms with Crippen molar-refractivity contribution in [3.05, 3.63) is 36.0 Å². The number of carbonyl (C=O) groups excluding carboxylic acids is 2. The third-order valence-corrected chi connectivity index (χ3v) is 10.2. The Morgan fingerprint density at radius 2 is 1.61 bits per heavy atom. The molecule has 1 aromatic carbocycles. The lowest BCUT2D eigenvalue weighted by molar-refractivity contribution is -0.124. The molecule has 0 saturated heterocycles. The van der Waals surface area contributed by atoms with Crippen molar-refractivity contribution in [3.63, 3.8) is 0 Å². The number of hydrogen-bond acceptors (Lipinski definition) is 5. The van der Waals surface area contributed by atoms with Gasteiger partial charge in [-0.2, -0.15) is 0 Å². The van der Waals surface area contributed by atoms with Crippen molar-refractivity contribution in [3.8, 4) is 0 Å². The minimum absolute atomic E-state index is 0.0825. The summed E-state index contributed by atoms with van der Waals surface area (Å²) in [5.74, 6) is 2.50. The predicted molar refractivity (Wildman–Crippen MR) is 162 cm³/mol. The number of aromatic nitrogens is 1. The van der Waals surface area contributed by atoms with E-state index in [1.54, 1.807) is 11.1 Å². The number of amides is 2. The summed E-state index contributed by atoms with van der Waals surface area (Å²) in [4.78, 5) is 33.6. The molecule has 4 aliphatic carbocycles. The summed E-state index contributed by atoms with van der Waals surface area (Å²) >= 11 is 0. The summed E-state index contributed by atoms with van der Waals surface area (Å²) in [5.41, 5.74) is 0.459. The monoisotopic (exact) mass is 563 g/mol. The first-order valence-corrected chi connectivity index (χ1v) is 15.4. The van der Waals surface area contributed by atoms with E-state index in [0.717, 1.165) is 39.9 Å². The van der Waals surface area contributed by atoms with Crippen LogP contribution in [0.1, 0.15) is 99.0 Å². The quantitative estimate of drug-likeness (QED) is 0.370. The average Bonchev–Trinajstić information content (AvgIpc) is 2.84. The standard InChI is InChI=1S/C34H49N3O4/c1-31(2,3)33(7,37(13-14-38)30(40)41-32(4,5)6)26-10-11-27(25-9-8-12-35-29(25)26)36-28(39)21-34-18-22-15-23(19-34)17-24(16-22)20-34/h8-12,22-24,38H,13-21H2,1-7H3,(H,36,39). The maximum atomic E-state index is 13.6. The van der Waals surface area contributed by atoms with Crippen LogP contribution >= 0.6 is 0 Å². The van der Waals surface area contributed by atoms with E-state index in [2.05, 4.69) is 26.1 Å². The molecule has 4 saturated carbocycles. The summed E-state index contributed by atoms with van der Waals surface area (Å²) in [5, 5.41) is 14.1. The van der Waals surface area contributed by atoms with Gasteiger partial charge in [0.05, 0.1) is 23.3 Å². The van der Waals surface area contributed by atoms with Gasteiger partial charge < -0.3 is 15.2 Å². The van der Waals surface area contributed by atoms with Crippen LogP contribution in [-0.4, -0.2) is 45.7 Å². The molecule has 4 bridgehead atoms. The Morgan fingerprint density at radius 1 is 1.00 bits per heavy atom. The van der Waals surface area contributed by atoms with Crippen LogP contribution in [0.4, 0.5) is 10.5 Å². The van der Waals surface area contributed by atoms with E-state index in [9.17, 15) is 14.7 Å². The van der Waals surface area contributed by atoms with E-state index in [1.165, 1.54) is 38.5 Å². The largest absolute Gasteiger partial charge is 0.444 e. The van der Waals surface area contributed by atoms with Crippen LogP contribution in [-0.2, 0) is 15.1 Å². The topological polar surface area (TPSA) is 91.8 Å². The first kappa shape index (κ1) is 29.8. The Hall–Kier alpha value is -2.67. The van der Waals surface area contributed by atoms with Gasteiger partial charge in [0.1, 0.15) is 5.60 Å². The lowest BCUT2D eigenvalue weighted by atomic mass is 9.49. The number of hydrogen-bond donors (Lipinski definition) is 2. The number of anilines is 1. The number of fused-ring (bicyclic) bond motifs is 1. The van der Waals surface area contributed by atoms with E-state index in [4.69, 9.17) is 9.72 Å². The molecule has 4 fully saturated rings. The first-order valence-electron chi connectivity index (χ1n) is 15.4. The van der Waals surface area contributed by atoms with Gasteiger partial charge in [-0.1, -0.05) is 26.8 Å². The lowest BCUT2D eigenvalue weighted by Gasteiger charge is -2.56. The summed E-state index contributed by atoms with van der Waals surface area (Å²) < 4.78 is 5.82. The molecular formula is C34H49N3O4. The molecule has 224 valence electrons. The van der Waals surface area contributed by atoms with Crippen molar-refractivity contribution in [1.29, 1.82) is 0 Å². The molecule has 0 radical (unpaired) electrons. The van der Waals surface area contributed by atoms with Gasteiger partial charge in [-0.05, 0) is 113 Å². The van der Waals surface area contributed by atoms with Crippen LogP contribution in [0.15, 0.2) is 30.5 Å². The van der Waals surface area contributed by atoms with Crippen LogP contribution in [0.25, 0.3) is 10.9 Å². The van der Waals surface area contributed by atoms with Crippen molar-refractivity contribution in [2.45, 2.75) is 105 Å². The highest BCUT2D eigenvalue weighted by molar-refractivity contribution is 6.02. The van der Waals surface area contributed by atoms with Crippen molar-refractivity contribution in [2.24, 2.45) is 28.6 Å². The number of pyridine rings is 1. The van der Waals surface area contributed by atoms with E-state index in [1.807, 2.05) is 52.0 Å². The highest BCUT2D eigenvalue weighted by Crippen LogP contribution is 2.61. The molecule has 41 heavy (non-hydrogen) atoms.